The van der Waals surface area contributed by atoms with Crippen LogP contribution in [-0.4, -0.2) is 29.7 Å². The second kappa shape index (κ2) is 9.08. The predicted octanol–water partition coefficient (Wildman–Crippen LogP) is 2.20. The molecule has 0 fully saturated rings. The monoisotopic (exact) mass is 415 g/mol. The van der Waals surface area contributed by atoms with Crippen molar-refractivity contribution in [1.82, 2.24) is 14.3 Å². The summed E-state index contributed by atoms with van der Waals surface area (Å²) in [6.07, 6.45) is 1.79. The minimum atomic E-state index is -2.14. The Balaban J connectivity index is 1.97. The van der Waals surface area contributed by atoms with Gasteiger partial charge in [0.2, 0.25) is 0 Å². The molecule has 0 saturated carbocycles. The third kappa shape index (κ3) is 4.58. The van der Waals surface area contributed by atoms with Crippen molar-refractivity contribution in [1.29, 1.82) is 0 Å². The summed E-state index contributed by atoms with van der Waals surface area (Å²) in [5, 5.41) is 4.06. The lowest BCUT2D eigenvalue weighted by Crippen LogP contribution is -2.26. The quantitative estimate of drug-likeness (QED) is 0.596. The van der Waals surface area contributed by atoms with E-state index in [1.54, 1.807) is 18.2 Å². The Morgan fingerprint density at radius 1 is 1.28 bits per heavy atom. The number of aromatic nitrogens is 3. The van der Waals surface area contributed by atoms with Crippen LogP contribution in [0.2, 0.25) is 0 Å². The van der Waals surface area contributed by atoms with E-state index >= 15 is 0 Å². The van der Waals surface area contributed by atoms with Crippen LogP contribution in [0.15, 0.2) is 65.5 Å². The second-order valence-electron chi connectivity index (χ2n) is 6.51. The summed E-state index contributed by atoms with van der Waals surface area (Å²) in [6, 6.07) is 12.8. The van der Waals surface area contributed by atoms with Crippen LogP contribution in [0.1, 0.15) is 11.1 Å². The predicted molar refractivity (Wildman–Crippen MR) is 109 cm³/mol. The average Bonchev–Trinajstić information content (AvgIpc) is 3.06. The minimum Gasteiger partial charge on any atom is -0.772 e. The Bertz CT molecular complexity index is 1120. The molecule has 0 aliphatic heterocycles. The maximum atomic E-state index is 12.8. The summed E-state index contributed by atoms with van der Waals surface area (Å²) in [4.78, 5) is 12.7. The van der Waals surface area contributed by atoms with Gasteiger partial charge in [0.05, 0.1) is 18.6 Å². The first-order valence-corrected chi connectivity index (χ1v) is 10.1. The van der Waals surface area contributed by atoms with E-state index < -0.39 is 16.8 Å². The zero-order valence-electron chi connectivity index (χ0n) is 15.7. The fourth-order valence-electron chi connectivity index (χ4n) is 3.06. The van der Waals surface area contributed by atoms with Crippen molar-refractivity contribution in [2.24, 2.45) is 5.73 Å². The molecular formula is C20H20FN4O3S-. The van der Waals surface area contributed by atoms with Crippen molar-refractivity contribution in [2.75, 3.05) is 6.54 Å². The van der Waals surface area contributed by atoms with Crippen molar-refractivity contribution in [3.05, 3.63) is 82.3 Å². The summed E-state index contributed by atoms with van der Waals surface area (Å²) in [6.45, 7) is 1.88. The molecule has 9 heteroatoms. The highest BCUT2D eigenvalue weighted by atomic mass is 32.2. The topological polar surface area (TPSA) is 106 Å². The summed E-state index contributed by atoms with van der Waals surface area (Å²) < 4.78 is 37.0. The van der Waals surface area contributed by atoms with Gasteiger partial charge in [-0.2, -0.15) is 5.10 Å². The Hall–Kier alpha value is -2.88. The zero-order valence-corrected chi connectivity index (χ0v) is 16.6. The lowest BCUT2D eigenvalue weighted by atomic mass is 9.98. The molecule has 0 aliphatic carbocycles. The molecule has 0 aliphatic rings. The van der Waals surface area contributed by atoms with Gasteiger partial charge in [0.1, 0.15) is 6.33 Å². The molecule has 0 spiro atoms. The third-order valence-corrected chi connectivity index (χ3v) is 5.19. The Morgan fingerprint density at radius 3 is 2.62 bits per heavy atom. The van der Waals surface area contributed by atoms with Gasteiger partial charge in [0.25, 0.3) is 0 Å². The normalized spacial score (nSPS) is 12.9. The van der Waals surface area contributed by atoms with Gasteiger partial charge in [-0.15, -0.1) is 0 Å². The van der Waals surface area contributed by atoms with E-state index in [1.165, 1.54) is 10.9 Å². The molecular weight excluding hydrogens is 395 g/mol. The van der Waals surface area contributed by atoms with Gasteiger partial charge in [-0.25, -0.2) is 18.4 Å². The molecule has 1 aromatic heterocycles. The van der Waals surface area contributed by atoms with Crippen molar-refractivity contribution in [3.63, 3.8) is 0 Å². The first-order chi connectivity index (χ1) is 13.9. The number of hydrogen-bond acceptors (Lipinski definition) is 5. The number of nitrogens with two attached hydrogens (primary N) is 1. The van der Waals surface area contributed by atoms with Gasteiger partial charge < -0.3 is 10.3 Å². The molecule has 29 heavy (non-hydrogen) atoms. The highest BCUT2D eigenvalue weighted by molar-refractivity contribution is 7.78. The summed E-state index contributed by atoms with van der Waals surface area (Å²) in [5.41, 5.74) is 9.34. The molecule has 1 heterocycles. The number of hydrogen-bond donors (Lipinski definition) is 1. The average molecular weight is 415 g/mol. The van der Waals surface area contributed by atoms with E-state index in [1.807, 2.05) is 31.2 Å². The zero-order chi connectivity index (χ0) is 21.0. The maximum absolute atomic E-state index is 12.8. The highest BCUT2D eigenvalue weighted by Crippen LogP contribution is 2.27. The molecule has 152 valence electrons. The first-order valence-electron chi connectivity index (χ1n) is 8.82. The van der Waals surface area contributed by atoms with Crippen LogP contribution in [0.5, 0.6) is 0 Å². The summed E-state index contributed by atoms with van der Waals surface area (Å²) >= 11 is -2.14. The molecule has 0 bridgehead atoms. The van der Waals surface area contributed by atoms with Crippen LogP contribution in [-0.2, 0) is 23.4 Å². The molecule has 3 rings (SSSR count). The second-order valence-corrected chi connectivity index (χ2v) is 7.40. The molecule has 3 aromatic rings. The third-order valence-electron chi connectivity index (χ3n) is 4.62. The molecule has 1 atom stereocenters. The molecule has 1 unspecified atom stereocenters. The molecule has 2 N–H and O–H groups in total. The van der Waals surface area contributed by atoms with E-state index in [4.69, 9.17) is 5.73 Å². The molecule has 7 nitrogen and oxygen atoms in total. The standard InChI is InChI=1S/C20H21FN4O3S/c1-14-18(17-7-5-15(6-8-17)12-29(27)28)3-2-4-19(14)24-13-23-25(20(24)26)11-16(9-21)10-22/h2-9,13H,10-12,22H2,1H3,(H,27,28)/p-1/b16-9+. The van der Waals surface area contributed by atoms with E-state index in [0.29, 0.717) is 17.6 Å². The Morgan fingerprint density at radius 2 is 2.00 bits per heavy atom. The van der Waals surface area contributed by atoms with Gasteiger partial charge in [0, 0.05) is 12.3 Å². The fraction of sp³-hybridized carbons (Fsp3) is 0.200. The first kappa shape index (κ1) is 20.8. The number of nitrogens with zero attached hydrogens (tertiary/aromatic N) is 3. The van der Waals surface area contributed by atoms with E-state index in [0.717, 1.165) is 21.4 Å². The lowest BCUT2D eigenvalue weighted by Gasteiger charge is -2.12. The van der Waals surface area contributed by atoms with Gasteiger partial charge in [-0.1, -0.05) is 47.5 Å². The van der Waals surface area contributed by atoms with Crippen LogP contribution in [0, 0.1) is 6.92 Å². The molecule has 0 radical (unpaired) electrons. The van der Waals surface area contributed by atoms with Gasteiger partial charge in [0.15, 0.2) is 0 Å². The number of benzene rings is 2. The maximum Gasteiger partial charge on any atom is 0.350 e. The van der Waals surface area contributed by atoms with Gasteiger partial charge in [-0.3, -0.25) is 4.21 Å². The van der Waals surface area contributed by atoms with E-state index in [9.17, 15) is 17.9 Å². The minimum absolute atomic E-state index is 0.000238. The van der Waals surface area contributed by atoms with Crippen molar-refractivity contribution in [3.8, 4) is 16.8 Å². The van der Waals surface area contributed by atoms with Crippen molar-refractivity contribution < 1.29 is 13.2 Å². The SMILES string of the molecule is Cc1c(-c2ccc(CS(=O)[O-])cc2)cccc1-n1cnn(C/C(=C/F)CN)c1=O. The summed E-state index contributed by atoms with van der Waals surface area (Å²) in [5.74, 6) is -0.0357. The number of halogens is 1. The van der Waals surface area contributed by atoms with Crippen LogP contribution in [0.25, 0.3) is 16.8 Å². The van der Waals surface area contributed by atoms with E-state index in [2.05, 4.69) is 5.10 Å². The Kier molecular flexibility index (Phi) is 6.53. The van der Waals surface area contributed by atoms with Crippen LogP contribution < -0.4 is 11.4 Å². The van der Waals surface area contributed by atoms with Crippen molar-refractivity contribution >= 4 is 11.1 Å². The summed E-state index contributed by atoms with van der Waals surface area (Å²) in [7, 11) is 0. The molecule has 0 saturated heterocycles. The Labute approximate surface area is 169 Å². The lowest BCUT2D eigenvalue weighted by molar-refractivity contribution is 0.536. The molecule has 2 aromatic carbocycles. The van der Waals surface area contributed by atoms with Crippen LogP contribution in [0.3, 0.4) is 0 Å². The fourth-order valence-corrected chi connectivity index (χ4v) is 3.53. The van der Waals surface area contributed by atoms with Gasteiger partial charge in [-0.05, 0) is 40.8 Å². The number of rotatable bonds is 7. The smallest absolute Gasteiger partial charge is 0.350 e. The van der Waals surface area contributed by atoms with E-state index in [-0.39, 0.29) is 24.4 Å². The largest absolute Gasteiger partial charge is 0.772 e. The van der Waals surface area contributed by atoms with Gasteiger partial charge >= 0.3 is 5.69 Å². The van der Waals surface area contributed by atoms with Crippen LogP contribution in [0.4, 0.5) is 4.39 Å². The highest BCUT2D eigenvalue weighted by Gasteiger charge is 2.13. The van der Waals surface area contributed by atoms with Crippen molar-refractivity contribution in [2.45, 2.75) is 19.2 Å². The molecule has 0 amide bonds. The van der Waals surface area contributed by atoms with Crippen LogP contribution >= 0.6 is 0 Å².